The van der Waals surface area contributed by atoms with Crippen molar-refractivity contribution in [3.05, 3.63) is 44.0 Å². The predicted octanol–water partition coefficient (Wildman–Crippen LogP) is 1.92. The molecule has 1 aromatic rings. The quantitative estimate of drug-likeness (QED) is 0.498. The Labute approximate surface area is 116 Å². The van der Waals surface area contributed by atoms with Gasteiger partial charge in [-0.25, -0.2) is 4.79 Å². The van der Waals surface area contributed by atoms with Crippen LogP contribution in [-0.2, 0) is 9.59 Å². The Hall–Kier alpha value is -2.22. The van der Waals surface area contributed by atoms with Gasteiger partial charge in [-0.15, -0.1) is 0 Å². The summed E-state index contributed by atoms with van der Waals surface area (Å²) in [7, 11) is 0. The van der Waals surface area contributed by atoms with Crippen LogP contribution in [0.3, 0.4) is 0 Å². The number of amides is 1. The van der Waals surface area contributed by atoms with Crippen molar-refractivity contribution in [3.63, 3.8) is 0 Å². The lowest BCUT2D eigenvalue weighted by atomic mass is 10.1. The summed E-state index contributed by atoms with van der Waals surface area (Å²) in [6.07, 6.45) is 1.14. The van der Waals surface area contributed by atoms with Gasteiger partial charge in [-0.2, -0.15) is 0 Å². The topological polar surface area (TPSA) is 110 Å². The largest absolute Gasteiger partial charge is 0.477 e. The van der Waals surface area contributed by atoms with E-state index in [0.29, 0.717) is 5.56 Å². The average molecular weight is 329 g/mol. The standard InChI is InChI=1S/C11H9BrN2O5/c1-6(15)13-9(11(16)17)4-7-2-3-8(12)10(5-7)14(18)19/h2-5H,1H3,(H,13,15)(H,16,17). The Balaban J connectivity index is 3.21. The van der Waals surface area contributed by atoms with Crippen LogP contribution in [0.1, 0.15) is 12.5 Å². The second kappa shape index (κ2) is 6.10. The summed E-state index contributed by atoms with van der Waals surface area (Å²) < 4.78 is 0.283. The second-order valence-electron chi connectivity index (χ2n) is 3.51. The Morgan fingerprint density at radius 1 is 1.47 bits per heavy atom. The molecule has 0 aliphatic carbocycles. The fraction of sp³-hybridized carbons (Fsp3) is 0.0909. The van der Waals surface area contributed by atoms with Crippen molar-refractivity contribution in [1.82, 2.24) is 5.32 Å². The number of rotatable bonds is 4. The molecule has 0 aliphatic rings. The third-order valence-electron chi connectivity index (χ3n) is 2.02. The molecule has 8 heteroatoms. The maximum Gasteiger partial charge on any atom is 0.352 e. The third kappa shape index (κ3) is 4.18. The minimum Gasteiger partial charge on any atom is -0.477 e. The Bertz CT molecular complexity index is 582. The molecule has 1 rings (SSSR count). The summed E-state index contributed by atoms with van der Waals surface area (Å²) in [5.41, 5.74) is -0.258. The molecule has 0 aliphatic heterocycles. The van der Waals surface area contributed by atoms with E-state index in [1.807, 2.05) is 0 Å². The fourth-order valence-electron chi connectivity index (χ4n) is 1.27. The number of hydrogen-bond donors (Lipinski definition) is 2. The van der Waals surface area contributed by atoms with Crippen LogP contribution in [0.25, 0.3) is 6.08 Å². The van der Waals surface area contributed by atoms with Crippen molar-refractivity contribution >= 4 is 39.6 Å². The molecule has 0 saturated carbocycles. The van der Waals surface area contributed by atoms with Crippen molar-refractivity contribution in [2.24, 2.45) is 0 Å². The highest BCUT2D eigenvalue weighted by atomic mass is 79.9. The van der Waals surface area contributed by atoms with E-state index in [1.165, 1.54) is 25.1 Å². The van der Waals surface area contributed by atoms with Gasteiger partial charge < -0.3 is 10.4 Å². The molecule has 7 nitrogen and oxygen atoms in total. The average Bonchev–Trinajstić information content (AvgIpc) is 2.29. The number of carboxylic acid groups (broad SMARTS) is 1. The van der Waals surface area contributed by atoms with Crippen LogP contribution >= 0.6 is 15.9 Å². The molecule has 0 aromatic heterocycles. The van der Waals surface area contributed by atoms with Gasteiger partial charge in [0.25, 0.3) is 5.69 Å². The zero-order chi connectivity index (χ0) is 14.6. The van der Waals surface area contributed by atoms with Crippen LogP contribution in [0.4, 0.5) is 5.69 Å². The van der Waals surface area contributed by atoms with E-state index in [9.17, 15) is 19.7 Å². The zero-order valence-corrected chi connectivity index (χ0v) is 11.3. The molecule has 100 valence electrons. The zero-order valence-electron chi connectivity index (χ0n) is 9.71. The van der Waals surface area contributed by atoms with Gasteiger partial charge in [0.15, 0.2) is 0 Å². The number of halogens is 1. The first-order valence-corrected chi connectivity index (χ1v) is 5.77. The molecule has 19 heavy (non-hydrogen) atoms. The van der Waals surface area contributed by atoms with Crippen molar-refractivity contribution < 1.29 is 19.6 Å². The molecule has 1 amide bonds. The van der Waals surface area contributed by atoms with Crippen LogP contribution in [0.2, 0.25) is 0 Å². The van der Waals surface area contributed by atoms with Crippen LogP contribution in [0, 0.1) is 10.1 Å². The predicted molar refractivity (Wildman–Crippen MR) is 70.2 cm³/mol. The van der Waals surface area contributed by atoms with E-state index in [4.69, 9.17) is 5.11 Å². The summed E-state index contributed by atoms with van der Waals surface area (Å²) in [6.45, 7) is 1.17. The van der Waals surface area contributed by atoms with Gasteiger partial charge in [-0.1, -0.05) is 6.07 Å². The van der Waals surface area contributed by atoms with Crippen LogP contribution in [0.5, 0.6) is 0 Å². The molecule has 1 aromatic carbocycles. The number of carbonyl (C=O) groups is 2. The van der Waals surface area contributed by atoms with Gasteiger partial charge >= 0.3 is 5.97 Å². The van der Waals surface area contributed by atoms with Crippen LogP contribution in [0.15, 0.2) is 28.4 Å². The molecule has 0 atom stereocenters. The molecule has 0 bridgehead atoms. The summed E-state index contributed by atoms with van der Waals surface area (Å²) in [4.78, 5) is 31.9. The highest BCUT2D eigenvalue weighted by Crippen LogP contribution is 2.26. The molecular weight excluding hydrogens is 320 g/mol. The molecule has 0 spiro atoms. The molecule has 0 fully saturated rings. The second-order valence-corrected chi connectivity index (χ2v) is 4.37. The summed E-state index contributed by atoms with van der Waals surface area (Å²) in [5.74, 6) is -1.87. The monoisotopic (exact) mass is 328 g/mol. The van der Waals surface area contributed by atoms with E-state index in [0.717, 1.165) is 6.08 Å². The fourth-order valence-corrected chi connectivity index (χ4v) is 1.66. The van der Waals surface area contributed by atoms with E-state index in [1.54, 1.807) is 0 Å². The van der Waals surface area contributed by atoms with Gasteiger partial charge in [-0.05, 0) is 33.6 Å². The Morgan fingerprint density at radius 2 is 2.11 bits per heavy atom. The lowest BCUT2D eigenvalue weighted by molar-refractivity contribution is -0.385. The Morgan fingerprint density at radius 3 is 2.58 bits per heavy atom. The number of hydrogen-bond acceptors (Lipinski definition) is 4. The molecular formula is C11H9BrN2O5. The van der Waals surface area contributed by atoms with E-state index < -0.39 is 16.8 Å². The van der Waals surface area contributed by atoms with Gasteiger partial charge in [0.1, 0.15) is 5.70 Å². The molecule has 2 N–H and O–H groups in total. The summed E-state index contributed by atoms with van der Waals surface area (Å²) >= 11 is 3.02. The highest BCUT2D eigenvalue weighted by Gasteiger charge is 2.14. The van der Waals surface area contributed by atoms with Crippen molar-refractivity contribution in [3.8, 4) is 0 Å². The molecule has 0 saturated heterocycles. The van der Waals surface area contributed by atoms with Crippen molar-refractivity contribution in [2.75, 3.05) is 0 Å². The summed E-state index contributed by atoms with van der Waals surface area (Å²) in [6, 6.07) is 4.12. The number of carbonyl (C=O) groups excluding carboxylic acids is 1. The number of nitrogens with zero attached hydrogens (tertiary/aromatic N) is 1. The van der Waals surface area contributed by atoms with Crippen molar-refractivity contribution in [2.45, 2.75) is 6.92 Å². The highest BCUT2D eigenvalue weighted by molar-refractivity contribution is 9.10. The smallest absolute Gasteiger partial charge is 0.352 e. The number of nitro groups is 1. The maximum atomic E-state index is 10.9. The van der Waals surface area contributed by atoms with E-state index in [-0.39, 0.29) is 15.9 Å². The maximum absolute atomic E-state index is 10.9. The Kier molecular flexibility index (Phi) is 4.76. The van der Waals surface area contributed by atoms with E-state index in [2.05, 4.69) is 21.2 Å². The lowest BCUT2D eigenvalue weighted by Gasteiger charge is -2.03. The molecule has 0 unspecified atom stereocenters. The third-order valence-corrected chi connectivity index (χ3v) is 2.69. The number of nitro benzene ring substituents is 1. The number of benzene rings is 1. The molecule has 0 radical (unpaired) electrons. The number of aliphatic carboxylic acids is 1. The molecule has 0 heterocycles. The first-order chi connectivity index (χ1) is 8.81. The van der Waals surface area contributed by atoms with E-state index >= 15 is 0 Å². The normalized spacial score (nSPS) is 10.9. The number of carboxylic acids is 1. The lowest BCUT2D eigenvalue weighted by Crippen LogP contribution is -2.24. The summed E-state index contributed by atoms with van der Waals surface area (Å²) in [5, 5.41) is 21.8. The van der Waals surface area contributed by atoms with Crippen LogP contribution < -0.4 is 5.32 Å². The van der Waals surface area contributed by atoms with Crippen LogP contribution in [-0.4, -0.2) is 21.9 Å². The first-order valence-electron chi connectivity index (χ1n) is 4.97. The number of nitrogens with one attached hydrogen (secondary N) is 1. The first kappa shape index (κ1) is 14.8. The van der Waals surface area contributed by atoms with Gasteiger partial charge in [0.2, 0.25) is 5.91 Å². The SMILES string of the molecule is CC(=O)NC(=Cc1ccc(Br)c([N+](=O)[O-])c1)C(=O)O. The van der Waals surface area contributed by atoms with Gasteiger partial charge in [0.05, 0.1) is 9.40 Å². The minimum absolute atomic E-state index is 0.193. The van der Waals surface area contributed by atoms with Gasteiger partial charge in [-0.3, -0.25) is 14.9 Å². The van der Waals surface area contributed by atoms with Crippen molar-refractivity contribution in [1.29, 1.82) is 0 Å². The van der Waals surface area contributed by atoms with Gasteiger partial charge in [0, 0.05) is 13.0 Å². The minimum atomic E-state index is -1.33.